The number of hydrogen-bond acceptors (Lipinski definition) is 3. The van der Waals surface area contributed by atoms with E-state index < -0.39 is 0 Å². The van der Waals surface area contributed by atoms with Gasteiger partial charge in [-0.15, -0.1) is 0 Å². The zero-order valence-electron chi connectivity index (χ0n) is 12.9. The summed E-state index contributed by atoms with van der Waals surface area (Å²) in [5.74, 6) is 1.09. The van der Waals surface area contributed by atoms with E-state index in [4.69, 9.17) is 0 Å². The van der Waals surface area contributed by atoms with E-state index in [9.17, 15) is 4.79 Å². The predicted octanol–water partition coefficient (Wildman–Crippen LogP) is 1.36. The van der Waals surface area contributed by atoms with Gasteiger partial charge in [-0.3, -0.25) is 4.79 Å². The van der Waals surface area contributed by atoms with Crippen LogP contribution in [0.1, 0.15) is 45.4 Å². The molecule has 0 aromatic heterocycles. The zero-order valence-corrected chi connectivity index (χ0v) is 12.9. The first-order chi connectivity index (χ1) is 9.63. The third kappa shape index (κ3) is 3.01. The molecular weight excluding hydrogens is 250 g/mol. The number of rotatable bonds is 2. The Morgan fingerprint density at radius 3 is 2.50 bits per heavy atom. The van der Waals surface area contributed by atoms with Gasteiger partial charge < -0.3 is 15.5 Å². The van der Waals surface area contributed by atoms with Crippen molar-refractivity contribution in [3.63, 3.8) is 0 Å². The third-order valence-electron chi connectivity index (χ3n) is 5.63. The molecule has 3 aliphatic heterocycles. The van der Waals surface area contributed by atoms with Crippen LogP contribution in [0.5, 0.6) is 0 Å². The second-order valence-electron chi connectivity index (χ2n) is 7.28. The molecule has 1 amide bonds. The predicted molar refractivity (Wildman–Crippen MR) is 80.5 cm³/mol. The lowest BCUT2D eigenvalue weighted by atomic mass is 9.82. The first-order valence-electron chi connectivity index (χ1n) is 8.36. The summed E-state index contributed by atoms with van der Waals surface area (Å²) in [6.07, 6.45) is 7.31. The van der Waals surface area contributed by atoms with Crippen molar-refractivity contribution in [2.45, 2.75) is 63.6 Å². The number of nitrogens with one attached hydrogen (secondary N) is 2. The normalized spacial score (nSPS) is 42.2. The van der Waals surface area contributed by atoms with Crippen molar-refractivity contribution in [1.82, 2.24) is 15.5 Å². The first-order valence-corrected chi connectivity index (χ1v) is 8.36. The number of carbonyl (C=O) groups is 1. The number of fused-ring (bicyclic) bond motifs is 2. The zero-order chi connectivity index (χ0) is 14.1. The van der Waals surface area contributed by atoms with Crippen LogP contribution in [0.15, 0.2) is 0 Å². The molecule has 3 fully saturated rings. The Morgan fingerprint density at radius 1 is 1.15 bits per heavy atom. The van der Waals surface area contributed by atoms with E-state index in [1.165, 1.54) is 19.3 Å². The maximum atomic E-state index is 12.4. The summed E-state index contributed by atoms with van der Waals surface area (Å²) >= 11 is 0. The maximum Gasteiger partial charge on any atom is 0.224 e. The molecule has 0 saturated carbocycles. The van der Waals surface area contributed by atoms with E-state index in [0.717, 1.165) is 32.4 Å². The highest BCUT2D eigenvalue weighted by Crippen LogP contribution is 2.32. The van der Waals surface area contributed by atoms with Gasteiger partial charge in [-0.25, -0.2) is 0 Å². The Balaban J connectivity index is 1.54. The van der Waals surface area contributed by atoms with Gasteiger partial charge in [0.25, 0.3) is 0 Å². The molecule has 0 aromatic rings. The molecule has 114 valence electrons. The van der Waals surface area contributed by atoms with Gasteiger partial charge in [0.05, 0.1) is 5.92 Å². The molecule has 0 aromatic carbocycles. The van der Waals surface area contributed by atoms with Crippen LogP contribution in [-0.2, 0) is 4.79 Å². The molecule has 3 rings (SSSR count). The van der Waals surface area contributed by atoms with Crippen molar-refractivity contribution in [2.75, 3.05) is 20.1 Å². The van der Waals surface area contributed by atoms with Gasteiger partial charge in [0, 0.05) is 24.7 Å². The first kappa shape index (κ1) is 14.3. The molecule has 4 unspecified atom stereocenters. The highest BCUT2D eigenvalue weighted by molar-refractivity contribution is 5.79. The largest absolute Gasteiger partial charge is 0.353 e. The molecular formula is C16H29N3O. The molecule has 0 aliphatic carbocycles. The summed E-state index contributed by atoms with van der Waals surface area (Å²) in [5, 5.41) is 6.73. The minimum Gasteiger partial charge on any atom is -0.353 e. The quantitative estimate of drug-likeness (QED) is 0.802. The Labute approximate surface area is 122 Å². The van der Waals surface area contributed by atoms with Gasteiger partial charge in [0.15, 0.2) is 0 Å². The van der Waals surface area contributed by atoms with Crippen LogP contribution in [-0.4, -0.2) is 49.1 Å². The van der Waals surface area contributed by atoms with Gasteiger partial charge in [-0.2, -0.15) is 0 Å². The molecule has 0 radical (unpaired) electrons. The highest BCUT2D eigenvalue weighted by atomic mass is 16.2. The Morgan fingerprint density at radius 2 is 1.85 bits per heavy atom. The minimum absolute atomic E-state index is 0.179. The van der Waals surface area contributed by atoms with Crippen LogP contribution >= 0.6 is 0 Å². The molecule has 2 bridgehead atoms. The van der Waals surface area contributed by atoms with E-state index in [2.05, 4.69) is 29.5 Å². The average Bonchev–Trinajstić information content (AvgIpc) is 2.40. The molecule has 2 N–H and O–H groups in total. The van der Waals surface area contributed by atoms with Gasteiger partial charge in [0.2, 0.25) is 5.91 Å². The fourth-order valence-corrected chi connectivity index (χ4v) is 4.41. The molecule has 4 atom stereocenters. The SMILES string of the molecule is CC1CNCC(C(=O)NC2CC3CCCC(C2)N3C)C1. The third-order valence-corrected chi connectivity index (χ3v) is 5.63. The number of amides is 1. The number of carbonyl (C=O) groups excluding carboxylic acids is 1. The van der Waals surface area contributed by atoms with Crippen molar-refractivity contribution in [2.24, 2.45) is 11.8 Å². The van der Waals surface area contributed by atoms with E-state index in [1.54, 1.807) is 0 Å². The number of nitrogens with zero attached hydrogens (tertiary/aromatic N) is 1. The van der Waals surface area contributed by atoms with Gasteiger partial charge in [-0.05, 0) is 51.6 Å². The molecule has 3 heterocycles. The van der Waals surface area contributed by atoms with E-state index in [-0.39, 0.29) is 11.8 Å². The van der Waals surface area contributed by atoms with E-state index in [1.807, 2.05) is 0 Å². The molecule has 3 aliphatic rings. The number of piperidine rings is 3. The maximum absolute atomic E-state index is 12.4. The van der Waals surface area contributed by atoms with Crippen molar-refractivity contribution in [3.8, 4) is 0 Å². The second-order valence-corrected chi connectivity index (χ2v) is 7.28. The van der Waals surface area contributed by atoms with Gasteiger partial charge >= 0.3 is 0 Å². The van der Waals surface area contributed by atoms with Gasteiger partial charge in [-0.1, -0.05) is 13.3 Å². The highest BCUT2D eigenvalue weighted by Gasteiger charge is 2.37. The molecule has 4 nitrogen and oxygen atoms in total. The van der Waals surface area contributed by atoms with E-state index >= 15 is 0 Å². The average molecular weight is 279 g/mol. The lowest BCUT2D eigenvalue weighted by Crippen LogP contribution is -2.56. The molecule has 20 heavy (non-hydrogen) atoms. The Kier molecular flexibility index (Phi) is 4.32. The topological polar surface area (TPSA) is 44.4 Å². The summed E-state index contributed by atoms with van der Waals surface area (Å²) in [5.41, 5.74) is 0. The van der Waals surface area contributed by atoms with Crippen molar-refractivity contribution in [3.05, 3.63) is 0 Å². The summed E-state index contributed by atoms with van der Waals surface area (Å²) in [7, 11) is 2.26. The fourth-order valence-electron chi connectivity index (χ4n) is 4.41. The van der Waals surface area contributed by atoms with Crippen LogP contribution in [0.2, 0.25) is 0 Å². The van der Waals surface area contributed by atoms with Crippen LogP contribution < -0.4 is 10.6 Å². The van der Waals surface area contributed by atoms with Crippen LogP contribution in [0.4, 0.5) is 0 Å². The van der Waals surface area contributed by atoms with E-state index in [0.29, 0.717) is 24.0 Å². The standard InChI is InChI=1S/C16H29N3O/c1-11-6-12(10-17-9-11)16(20)18-13-7-14-4-3-5-15(8-13)19(14)2/h11-15,17H,3-10H2,1-2H3,(H,18,20). The second kappa shape index (κ2) is 6.02. The lowest BCUT2D eigenvalue weighted by Gasteiger charge is -2.47. The van der Waals surface area contributed by atoms with Crippen molar-refractivity contribution in [1.29, 1.82) is 0 Å². The lowest BCUT2D eigenvalue weighted by molar-refractivity contribution is -0.127. The van der Waals surface area contributed by atoms with Crippen LogP contribution in [0.3, 0.4) is 0 Å². The smallest absolute Gasteiger partial charge is 0.224 e. The molecule has 0 spiro atoms. The molecule has 4 heteroatoms. The van der Waals surface area contributed by atoms with Crippen LogP contribution in [0.25, 0.3) is 0 Å². The minimum atomic E-state index is 0.179. The van der Waals surface area contributed by atoms with Crippen LogP contribution in [0, 0.1) is 11.8 Å². The van der Waals surface area contributed by atoms with Crippen molar-refractivity contribution < 1.29 is 4.79 Å². The summed E-state index contributed by atoms with van der Waals surface area (Å²) in [6.45, 7) is 4.14. The molecule has 3 saturated heterocycles. The number of hydrogen-bond donors (Lipinski definition) is 2. The monoisotopic (exact) mass is 279 g/mol. The summed E-state index contributed by atoms with van der Waals surface area (Å²) in [6, 6.07) is 1.79. The Hall–Kier alpha value is -0.610. The summed E-state index contributed by atoms with van der Waals surface area (Å²) < 4.78 is 0. The Bertz CT molecular complexity index is 346. The fraction of sp³-hybridized carbons (Fsp3) is 0.938. The van der Waals surface area contributed by atoms with Gasteiger partial charge in [0.1, 0.15) is 0 Å². The van der Waals surface area contributed by atoms with Crippen molar-refractivity contribution >= 4 is 5.91 Å². The summed E-state index contributed by atoms with van der Waals surface area (Å²) in [4.78, 5) is 15.0.